The molecule has 0 aliphatic carbocycles. The molecule has 3 N–H and O–H groups in total. The van der Waals surface area contributed by atoms with Crippen LogP contribution in [0, 0.1) is 0 Å². The van der Waals surface area contributed by atoms with E-state index >= 15 is 0 Å². The largest absolute Gasteiger partial charge is 0.479 e. The summed E-state index contributed by atoms with van der Waals surface area (Å²) >= 11 is 0. The number of allylic oxidation sites excluding steroid dienone is 20. The Labute approximate surface area is 465 Å². The molecule has 77 heavy (non-hydrogen) atoms. The lowest BCUT2D eigenvalue weighted by Gasteiger charge is -2.40. The number of carbonyl (C=O) groups excluding carboxylic acids is 3. The summed E-state index contributed by atoms with van der Waals surface area (Å²) in [6, 6.07) is 0. The number of carbonyl (C=O) groups is 4. The summed E-state index contributed by atoms with van der Waals surface area (Å²) in [6.07, 6.45) is 58.8. The maximum atomic E-state index is 13.1. The Kier molecular flexibility index (Phi) is 47.2. The molecule has 1 heterocycles. The molecule has 0 bridgehead atoms. The lowest BCUT2D eigenvalue weighted by Crippen LogP contribution is -2.61. The highest BCUT2D eigenvalue weighted by Crippen LogP contribution is 2.26. The molecule has 1 rings (SSSR count). The van der Waals surface area contributed by atoms with Crippen LogP contribution in [0.15, 0.2) is 122 Å². The molecule has 0 spiro atoms. The quantitative estimate of drug-likeness (QED) is 0.0228. The van der Waals surface area contributed by atoms with Crippen molar-refractivity contribution in [3.8, 4) is 0 Å². The molecule has 1 fully saturated rings. The standard InChI is InChI=1S/C65H102O12/c1-4-7-10-13-16-19-22-25-27-28-29-30-32-35-38-41-44-47-50-53-59(68)76-63-61(70)60(69)62(64(71)72)77-65(63)74-55-56(75-58(67)52-49-46-43-40-37-33-24-21-18-15-12-9-6-3)54-73-57(66)51-48-45-42-39-36-34-31-26-23-20-17-14-11-8-5-2/h8-9,11-12,16-21,25-27,29-31,33,36-37,39,56,60-63,65,69-70H,4-7,10,13-15,22-24,28,32,34-35,38,40-55H2,1-3H3,(H,71,72)/b11-8-,12-9-,19-16-,20-17-,21-18-,27-25-,30-29-,31-26-,37-33-,39-36-. The van der Waals surface area contributed by atoms with Crippen molar-refractivity contribution in [2.24, 2.45) is 0 Å². The van der Waals surface area contributed by atoms with Crippen LogP contribution in [0.3, 0.4) is 0 Å². The number of unbranched alkanes of at least 4 members (excludes halogenated alkanes) is 14. The van der Waals surface area contributed by atoms with Crippen molar-refractivity contribution in [3.05, 3.63) is 122 Å². The fraction of sp³-hybridized carbons (Fsp3) is 0.631. The van der Waals surface area contributed by atoms with Gasteiger partial charge in [0.2, 0.25) is 0 Å². The van der Waals surface area contributed by atoms with Crippen molar-refractivity contribution in [1.82, 2.24) is 0 Å². The Bertz CT molecular complexity index is 1800. The molecule has 0 aromatic rings. The van der Waals surface area contributed by atoms with Gasteiger partial charge in [0.25, 0.3) is 0 Å². The molecular weight excluding hydrogens is 973 g/mol. The first-order valence-electron chi connectivity index (χ1n) is 29.5. The Morgan fingerprint density at radius 3 is 1.29 bits per heavy atom. The van der Waals surface area contributed by atoms with Gasteiger partial charge in [-0.05, 0) is 128 Å². The van der Waals surface area contributed by atoms with Crippen molar-refractivity contribution in [2.45, 2.75) is 250 Å². The van der Waals surface area contributed by atoms with E-state index in [9.17, 15) is 34.5 Å². The van der Waals surface area contributed by atoms with Gasteiger partial charge in [0, 0.05) is 19.3 Å². The number of carboxylic acids is 1. The van der Waals surface area contributed by atoms with E-state index in [1.54, 1.807) is 0 Å². The average molecular weight is 1080 g/mol. The van der Waals surface area contributed by atoms with Crippen molar-refractivity contribution in [2.75, 3.05) is 13.2 Å². The molecule has 434 valence electrons. The minimum absolute atomic E-state index is 0.0315. The zero-order chi connectivity index (χ0) is 56.1. The van der Waals surface area contributed by atoms with Crippen LogP contribution in [0.25, 0.3) is 0 Å². The third-order valence-corrected chi connectivity index (χ3v) is 12.5. The summed E-state index contributed by atoms with van der Waals surface area (Å²) in [5.41, 5.74) is 0. The summed E-state index contributed by atoms with van der Waals surface area (Å²) in [4.78, 5) is 51.1. The maximum absolute atomic E-state index is 13.1. The minimum atomic E-state index is -1.92. The van der Waals surface area contributed by atoms with Crippen LogP contribution in [0.5, 0.6) is 0 Å². The molecule has 0 radical (unpaired) electrons. The molecule has 6 atom stereocenters. The van der Waals surface area contributed by atoms with Gasteiger partial charge in [-0.25, -0.2) is 4.79 Å². The molecule has 12 heteroatoms. The minimum Gasteiger partial charge on any atom is -0.479 e. The summed E-state index contributed by atoms with van der Waals surface area (Å²) in [7, 11) is 0. The summed E-state index contributed by atoms with van der Waals surface area (Å²) in [5.74, 6) is -3.25. The molecule has 12 nitrogen and oxygen atoms in total. The molecule has 6 unspecified atom stereocenters. The smallest absolute Gasteiger partial charge is 0.335 e. The summed E-state index contributed by atoms with van der Waals surface area (Å²) in [6.45, 7) is 5.65. The predicted molar refractivity (Wildman–Crippen MR) is 312 cm³/mol. The molecule has 0 aromatic heterocycles. The van der Waals surface area contributed by atoms with Gasteiger partial charge in [-0.3, -0.25) is 14.4 Å². The third-order valence-electron chi connectivity index (χ3n) is 12.5. The molecular formula is C65H102O12. The first kappa shape index (κ1) is 70.1. The van der Waals surface area contributed by atoms with Gasteiger partial charge in [-0.2, -0.15) is 0 Å². The highest BCUT2D eigenvalue weighted by atomic mass is 16.7. The van der Waals surface area contributed by atoms with Crippen LogP contribution in [-0.2, 0) is 42.9 Å². The van der Waals surface area contributed by atoms with Crippen molar-refractivity contribution in [3.63, 3.8) is 0 Å². The van der Waals surface area contributed by atoms with Crippen LogP contribution in [0.4, 0.5) is 0 Å². The number of rotatable bonds is 48. The van der Waals surface area contributed by atoms with E-state index < -0.39 is 67.3 Å². The average Bonchev–Trinajstić information content (AvgIpc) is 3.42. The van der Waals surface area contributed by atoms with Crippen LogP contribution < -0.4 is 0 Å². The number of hydrogen-bond donors (Lipinski definition) is 3. The topological polar surface area (TPSA) is 175 Å². The highest BCUT2D eigenvalue weighted by molar-refractivity contribution is 5.74. The van der Waals surface area contributed by atoms with Gasteiger partial charge in [0.15, 0.2) is 24.6 Å². The molecule has 1 saturated heterocycles. The molecule has 1 aliphatic heterocycles. The molecule has 0 amide bonds. The normalized spacial score (nSPS) is 18.9. The predicted octanol–water partition coefficient (Wildman–Crippen LogP) is 15.2. The zero-order valence-corrected chi connectivity index (χ0v) is 47.7. The first-order valence-corrected chi connectivity index (χ1v) is 29.5. The second kappa shape index (κ2) is 51.9. The van der Waals surface area contributed by atoms with Gasteiger partial charge in [0.1, 0.15) is 18.8 Å². The van der Waals surface area contributed by atoms with Crippen molar-refractivity contribution < 1.29 is 58.2 Å². The van der Waals surface area contributed by atoms with Crippen LogP contribution in [0.1, 0.15) is 213 Å². The van der Waals surface area contributed by atoms with Crippen LogP contribution in [-0.4, -0.2) is 89.2 Å². The number of aliphatic hydroxyl groups is 2. The number of aliphatic carboxylic acids is 1. The number of aliphatic hydroxyl groups excluding tert-OH is 2. The van der Waals surface area contributed by atoms with E-state index in [4.69, 9.17) is 23.7 Å². The second-order valence-corrected chi connectivity index (χ2v) is 19.5. The van der Waals surface area contributed by atoms with E-state index in [-0.39, 0.29) is 25.9 Å². The van der Waals surface area contributed by atoms with Gasteiger partial charge in [-0.1, -0.05) is 187 Å². The molecule has 0 saturated carbocycles. The molecule has 1 aliphatic rings. The van der Waals surface area contributed by atoms with Crippen LogP contribution >= 0.6 is 0 Å². The Balaban J connectivity index is 2.73. The van der Waals surface area contributed by atoms with Gasteiger partial charge < -0.3 is 39.0 Å². The van der Waals surface area contributed by atoms with Gasteiger partial charge in [0.05, 0.1) is 6.61 Å². The fourth-order valence-corrected chi connectivity index (χ4v) is 8.02. The lowest BCUT2D eigenvalue weighted by atomic mass is 9.98. The maximum Gasteiger partial charge on any atom is 0.335 e. The fourth-order valence-electron chi connectivity index (χ4n) is 8.02. The number of ether oxygens (including phenoxy) is 5. The Morgan fingerprint density at radius 2 is 0.818 bits per heavy atom. The monoisotopic (exact) mass is 1070 g/mol. The van der Waals surface area contributed by atoms with E-state index in [1.165, 1.54) is 19.3 Å². The highest BCUT2D eigenvalue weighted by Gasteiger charge is 2.50. The van der Waals surface area contributed by atoms with Crippen LogP contribution in [0.2, 0.25) is 0 Å². The SMILES string of the molecule is CC/C=C\C/C=C\C/C=C\C/C=C\CCCCC(=O)OCC(COC1OC(C(=O)O)C(O)C(O)C1OC(=O)CCCCCCCC/C=C\C/C=C\C/C=C\CCCCC)OC(=O)CCCCC/C=C\C/C=C\C/C=C\CC. The van der Waals surface area contributed by atoms with E-state index in [0.29, 0.717) is 19.3 Å². The van der Waals surface area contributed by atoms with E-state index in [1.807, 2.05) is 0 Å². The molecule has 0 aromatic carbocycles. The van der Waals surface area contributed by atoms with E-state index in [2.05, 4.69) is 142 Å². The van der Waals surface area contributed by atoms with Crippen molar-refractivity contribution >= 4 is 23.9 Å². The first-order chi connectivity index (χ1) is 37.6. The third kappa shape index (κ3) is 41.8. The Morgan fingerprint density at radius 1 is 0.442 bits per heavy atom. The number of hydrogen-bond acceptors (Lipinski definition) is 11. The number of esters is 3. The lowest BCUT2D eigenvalue weighted by molar-refractivity contribution is -0.301. The summed E-state index contributed by atoms with van der Waals surface area (Å²) in [5, 5.41) is 31.5. The number of carboxylic acid groups (broad SMARTS) is 1. The Hall–Kier alpha value is -4.88. The van der Waals surface area contributed by atoms with E-state index in [0.717, 1.165) is 135 Å². The van der Waals surface area contributed by atoms with Gasteiger partial charge >= 0.3 is 23.9 Å². The van der Waals surface area contributed by atoms with Crippen molar-refractivity contribution in [1.29, 1.82) is 0 Å². The second-order valence-electron chi connectivity index (χ2n) is 19.5. The zero-order valence-electron chi connectivity index (χ0n) is 47.7. The summed E-state index contributed by atoms with van der Waals surface area (Å²) < 4.78 is 28.3. The van der Waals surface area contributed by atoms with Gasteiger partial charge in [-0.15, -0.1) is 0 Å².